The molecule has 29 heavy (non-hydrogen) atoms. The zero-order valence-electron chi connectivity index (χ0n) is 16.0. The van der Waals surface area contributed by atoms with Crippen LogP contribution in [0.15, 0.2) is 23.3 Å². The lowest BCUT2D eigenvalue weighted by Crippen LogP contribution is -2.42. The highest BCUT2D eigenvalue weighted by molar-refractivity contribution is 5.95. The van der Waals surface area contributed by atoms with Crippen LogP contribution >= 0.6 is 0 Å². The number of hydrogen-bond acceptors (Lipinski definition) is 6. The lowest BCUT2D eigenvalue weighted by molar-refractivity contribution is -0.138. The zero-order chi connectivity index (χ0) is 20.8. The Morgan fingerprint density at radius 3 is 2.76 bits per heavy atom. The van der Waals surface area contributed by atoms with Crippen LogP contribution in [0, 0.1) is 23.3 Å². The van der Waals surface area contributed by atoms with Crippen molar-refractivity contribution in [1.29, 1.82) is 5.26 Å². The van der Waals surface area contributed by atoms with Crippen LogP contribution in [0.1, 0.15) is 38.5 Å². The third-order valence-corrected chi connectivity index (χ3v) is 5.52. The summed E-state index contributed by atoms with van der Waals surface area (Å²) >= 11 is 0. The van der Waals surface area contributed by atoms with E-state index in [0.29, 0.717) is 29.4 Å². The van der Waals surface area contributed by atoms with Gasteiger partial charge >= 0.3 is 5.97 Å². The van der Waals surface area contributed by atoms with Gasteiger partial charge in [-0.05, 0) is 49.7 Å². The number of nitrogens with zero attached hydrogens (tertiary/aromatic N) is 3. The number of carboxylic acid groups (broad SMARTS) is 1. The van der Waals surface area contributed by atoms with Gasteiger partial charge in [-0.1, -0.05) is 6.42 Å². The molecular weight excluding hydrogens is 374 g/mol. The number of carbonyl (C=O) groups excluding carboxylic acids is 1. The van der Waals surface area contributed by atoms with E-state index in [1.165, 1.54) is 25.5 Å². The van der Waals surface area contributed by atoms with Gasteiger partial charge in [-0.3, -0.25) is 9.59 Å². The number of hydrogen-bond donors (Lipinski definition) is 5. The topological polar surface area (TPSA) is 166 Å². The summed E-state index contributed by atoms with van der Waals surface area (Å²) in [5, 5.41) is 26.7. The summed E-state index contributed by atoms with van der Waals surface area (Å²) in [5.41, 5.74) is 6.01. The molecule has 10 heteroatoms. The molecule has 2 aliphatic rings. The van der Waals surface area contributed by atoms with Crippen LogP contribution < -0.4 is 21.7 Å². The first-order chi connectivity index (χ1) is 13.9. The van der Waals surface area contributed by atoms with Crippen molar-refractivity contribution in [3.8, 4) is 6.19 Å². The Balaban J connectivity index is 1.50. The normalized spacial score (nSPS) is 23.9. The predicted molar refractivity (Wildman–Crippen MR) is 107 cm³/mol. The molecule has 2 saturated carbocycles. The lowest BCUT2D eigenvalue weighted by atomic mass is 9.95. The Bertz CT molecular complexity index is 818. The fraction of sp³-hybridized carbons (Fsp3) is 0.526. The van der Waals surface area contributed by atoms with Crippen molar-refractivity contribution in [3.05, 3.63) is 18.3 Å². The molecule has 2 fully saturated rings. The second kappa shape index (κ2) is 9.34. The van der Waals surface area contributed by atoms with Crippen molar-refractivity contribution in [2.45, 2.75) is 50.6 Å². The number of carbonyl (C=O) groups is 2. The minimum Gasteiger partial charge on any atom is -0.480 e. The number of aromatic nitrogens is 1. The first kappa shape index (κ1) is 20.5. The minimum absolute atomic E-state index is 0.0123. The summed E-state index contributed by atoms with van der Waals surface area (Å²) < 4.78 is 0. The zero-order valence-corrected chi connectivity index (χ0v) is 16.0. The first-order valence-electron chi connectivity index (χ1n) is 9.69. The van der Waals surface area contributed by atoms with Crippen LogP contribution in [0.3, 0.4) is 0 Å². The lowest BCUT2D eigenvalue weighted by Gasteiger charge is -2.24. The molecule has 2 aliphatic carbocycles. The van der Waals surface area contributed by atoms with Crippen LogP contribution in [0.5, 0.6) is 0 Å². The molecule has 6 N–H and O–H groups in total. The summed E-state index contributed by atoms with van der Waals surface area (Å²) in [5.74, 6) is 0.640. The van der Waals surface area contributed by atoms with E-state index >= 15 is 0 Å². The van der Waals surface area contributed by atoms with E-state index < -0.39 is 12.0 Å². The maximum atomic E-state index is 11.9. The molecule has 0 aromatic carbocycles. The van der Waals surface area contributed by atoms with Crippen LogP contribution in [-0.2, 0) is 9.59 Å². The number of nitrogens with one attached hydrogen (secondary N) is 3. The van der Waals surface area contributed by atoms with E-state index in [9.17, 15) is 9.59 Å². The van der Waals surface area contributed by atoms with E-state index in [1.807, 2.05) is 6.19 Å². The number of anilines is 2. The van der Waals surface area contributed by atoms with Crippen molar-refractivity contribution in [3.63, 3.8) is 0 Å². The summed E-state index contributed by atoms with van der Waals surface area (Å²) in [6.07, 6.45) is 8.22. The average molecular weight is 399 g/mol. The number of rotatable bonds is 7. The van der Waals surface area contributed by atoms with Gasteiger partial charge in [0.15, 0.2) is 0 Å². The molecule has 0 saturated heterocycles. The van der Waals surface area contributed by atoms with Crippen molar-refractivity contribution < 1.29 is 14.7 Å². The molecule has 3 unspecified atom stereocenters. The molecule has 4 atom stereocenters. The Kier molecular flexibility index (Phi) is 6.61. The van der Waals surface area contributed by atoms with Crippen molar-refractivity contribution in [1.82, 2.24) is 10.3 Å². The van der Waals surface area contributed by atoms with Gasteiger partial charge in [0.25, 0.3) is 0 Å². The Morgan fingerprint density at radius 2 is 2.17 bits per heavy atom. The van der Waals surface area contributed by atoms with Gasteiger partial charge in [0.1, 0.15) is 11.9 Å². The highest BCUT2D eigenvalue weighted by Crippen LogP contribution is 2.44. The first-order valence-corrected chi connectivity index (χ1v) is 9.69. The third-order valence-electron chi connectivity index (χ3n) is 5.52. The summed E-state index contributed by atoms with van der Waals surface area (Å²) in [6.45, 7) is 0. The largest absolute Gasteiger partial charge is 0.480 e. The number of guanidine groups is 1. The number of nitrogens with two attached hydrogens (primary N) is 1. The number of aliphatic imine (C=N–C) groups is 1. The van der Waals surface area contributed by atoms with Gasteiger partial charge in [0, 0.05) is 12.5 Å². The number of aliphatic carboxylic acids is 1. The van der Waals surface area contributed by atoms with E-state index in [-0.39, 0.29) is 18.7 Å². The van der Waals surface area contributed by atoms with Crippen LogP contribution in [0.25, 0.3) is 0 Å². The summed E-state index contributed by atoms with van der Waals surface area (Å²) in [4.78, 5) is 30.5. The van der Waals surface area contributed by atoms with Crippen molar-refractivity contribution >= 4 is 29.3 Å². The molecule has 0 radical (unpaired) electrons. The molecule has 10 nitrogen and oxygen atoms in total. The molecule has 1 amide bonds. The number of amides is 1. The molecule has 3 rings (SSSR count). The van der Waals surface area contributed by atoms with Gasteiger partial charge in [-0.25, -0.2) is 4.98 Å². The van der Waals surface area contributed by atoms with Crippen molar-refractivity contribution in [2.24, 2.45) is 22.6 Å². The average Bonchev–Trinajstić information content (AvgIpc) is 3.31. The fourth-order valence-corrected chi connectivity index (χ4v) is 4.04. The van der Waals surface area contributed by atoms with Gasteiger partial charge in [-0.15, -0.1) is 4.99 Å². The van der Waals surface area contributed by atoms with Crippen LogP contribution in [-0.4, -0.2) is 40.0 Å². The minimum atomic E-state index is -1.14. The Hall–Kier alpha value is -3.19. The SMILES string of the molecule is N#CN=C(Nc1ccc(NC(=O)CC[C@H](N)C(=O)O)nc1)NC1CC2CCC1C2. The van der Waals surface area contributed by atoms with Crippen LogP contribution in [0.4, 0.5) is 11.5 Å². The second-order valence-corrected chi connectivity index (χ2v) is 7.57. The molecule has 2 bridgehead atoms. The Morgan fingerprint density at radius 1 is 1.34 bits per heavy atom. The molecule has 1 aromatic rings. The predicted octanol–water partition coefficient (Wildman–Crippen LogP) is 1.24. The van der Waals surface area contributed by atoms with Gasteiger partial charge in [0.05, 0.1) is 11.9 Å². The maximum Gasteiger partial charge on any atom is 0.320 e. The van der Waals surface area contributed by atoms with Gasteiger partial charge < -0.3 is 26.8 Å². The van der Waals surface area contributed by atoms with E-state index in [4.69, 9.17) is 16.1 Å². The number of pyridine rings is 1. The van der Waals surface area contributed by atoms with Gasteiger partial charge in [-0.2, -0.15) is 5.26 Å². The van der Waals surface area contributed by atoms with E-state index in [1.54, 1.807) is 12.1 Å². The van der Waals surface area contributed by atoms with Gasteiger partial charge in [0.2, 0.25) is 18.1 Å². The van der Waals surface area contributed by atoms with E-state index in [2.05, 4.69) is 25.9 Å². The number of nitriles is 1. The maximum absolute atomic E-state index is 11.9. The fourth-order valence-electron chi connectivity index (χ4n) is 4.04. The number of fused-ring (bicyclic) bond motifs is 2. The third kappa shape index (κ3) is 5.65. The molecule has 0 aliphatic heterocycles. The molecule has 0 spiro atoms. The highest BCUT2D eigenvalue weighted by atomic mass is 16.4. The Labute approximate surface area is 168 Å². The smallest absolute Gasteiger partial charge is 0.320 e. The summed E-state index contributed by atoms with van der Waals surface area (Å²) in [7, 11) is 0. The molecule has 1 aromatic heterocycles. The molecule has 154 valence electrons. The summed E-state index contributed by atoms with van der Waals surface area (Å²) in [6, 6.07) is 2.58. The highest BCUT2D eigenvalue weighted by Gasteiger charge is 2.39. The van der Waals surface area contributed by atoms with Crippen LogP contribution in [0.2, 0.25) is 0 Å². The van der Waals surface area contributed by atoms with Crippen molar-refractivity contribution in [2.75, 3.05) is 10.6 Å². The van der Waals surface area contributed by atoms with E-state index in [0.717, 1.165) is 12.3 Å². The standard InChI is InChI=1S/C19H25N7O3/c20-10-23-19(25-15-8-11-1-2-12(15)7-11)24-13-3-5-16(22-9-13)26-17(27)6-4-14(21)18(28)29/h3,5,9,11-12,14-15H,1-2,4,6-8,21H2,(H,28,29)(H,22,26,27)(H2,23,24,25)/t11?,12?,14-,15?/m0/s1. The number of carboxylic acids is 1. The monoisotopic (exact) mass is 399 g/mol. The quantitative estimate of drug-likeness (QED) is 0.259. The molecular formula is C19H25N7O3. The molecule has 1 heterocycles. The second-order valence-electron chi connectivity index (χ2n) is 7.57.